The number of aliphatic hydroxyl groups excluding tert-OH is 1. The van der Waals surface area contributed by atoms with E-state index in [2.05, 4.69) is 26.0 Å². The molecule has 0 fully saturated rings. The van der Waals surface area contributed by atoms with Gasteiger partial charge in [0.2, 0.25) is 0 Å². The van der Waals surface area contributed by atoms with Gasteiger partial charge in [0.25, 0.3) is 0 Å². The van der Waals surface area contributed by atoms with Crippen molar-refractivity contribution in [3.8, 4) is 0 Å². The van der Waals surface area contributed by atoms with Crippen LogP contribution >= 0.6 is 0 Å². The molecule has 0 amide bonds. The van der Waals surface area contributed by atoms with Gasteiger partial charge in [0.15, 0.2) is 0 Å². The molecule has 0 heterocycles. The van der Waals surface area contributed by atoms with Gasteiger partial charge in [-0.25, -0.2) is 0 Å². The zero-order chi connectivity index (χ0) is 11.2. The SMILES string of the molecule is COC(C)(/C=C/CC(C)C)CC(C)O. The average molecular weight is 200 g/mol. The number of aliphatic hydroxyl groups is 1. The van der Waals surface area contributed by atoms with Crippen molar-refractivity contribution in [2.75, 3.05) is 7.11 Å². The molecule has 0 aliphatic rings. The maximum absolute atomic E-state index is 9.31. The van der Waals surface area contributed by atoms with Crippen molar-refractivity contribution < 1.29 is 9.84 Å². The second-order valence-electron chi connectivity index (χ2n) is 4.60. The van der Waals surface area contributed by atoms with Crippen molar-refractivity contribution >= 4 is 0 Å². The lowest BCUT2D eigenvalue weighted by atomic mass is 9.97. The van der Waals surface area contributed by atoms with Crippen LogP contribution in [-0.4, -0.2) is 23.9 Å². The Morgan fingerprint density at radius 2 is 1.93 bits per heavy atom. The zero-order valence-electron chi connectivity index (χ0n) is 10.1. The van der Waals surface area contributed by atoms with Gasteiger partial charge in [-0.2, -0.15) is 0 Å². The fourth-order valence-corrected chi connectivity index (χ4v) is 1.40. The van der Waals surface area contributed by atoms with Crippen LogP contribution in [0.3, 0.4) is 0 Å². The van der Waals surface area contributed by atoms with E-state index in [9.17, 15) is 5.11 Å². The molecule has 0 radical (unpaired) electrons. The number of allylic oxidation sites excluding steroid dienone is 1. The summed E-state index contributed by atoms with van der Waals surface area (Å²) in [5.74, 6) is 0.666. The number of rotatable bonds is 6. The molecule has 2 unspecified atom stereocenters. The summed E-state index contributed by atoms with van der Waals surface area (Å²) in [6.07, 6.45) is 5.55. The normalized spacial score (nSPS) is 18.8. The molecule has 84 valence electrons. The Morgan fingerprint density at radius 1 is 1.36 bits per heavy atom. The summed E-state index contributed by atoms with van der Waals surface area (Å²) >= 11 is 0. The summed E-state index contributed by atoms with van der Waals surface area (Å²) in [5.41, 5.74) is -0.330. The Morgan fingerprint density at radius 3 is 2.29 bits per heavy atom. The predicted molar refractivity (Wildman–Crippen MR) is 60.3 cm³/mol. The molecule has 0 bridgehead atoms. The van der Waals surface area contributed by atoms with E-state index in [4.69, 9.17) is 4.74 Å². The highest BCUT2D eigenvalue weighted by atomic mass is 16.5. The summed E-state index contributed by atoms with van der Waals surface area (Å²) in [7, 11) is 1.68. The van der Waals surface area contributed by atoms with Crippen molar-refractivity contribution in [1.82, 2.24) is 0 Å². The van der Waals surface area contributed by atoms with E-state index < -0.39 is 0 Å². The Balaban J connectivity index is 4.17. The minimum atomic E-state index is -0.330. The van der Waals surface area contributed by atoms with Crippen LogP contribution in [0.4, 0.5) is 0 Å². The maximum atomic E-state index is 9.31. The summed E-state index contributed by atoms with van der Waals surface area (Å²) in [6, 6.07) is 0. The van der Waals surface area contributed by atoms with Crippen molar-refractivity contribution in [3.63, 3.8) is 0 Å². The molecule has 0 aliphatic heterocycles. The molecule has 0 saturated carbocycles. The number of methoxy groups -OCH3 is 1. The van der Waals surface area contributed by atoms with Gasteiger partial charge in [0.1, 0.15) is 0 Å². The van der Waals surface area contributed by atoms with E-state index in [1.165, 1.54) is 0 Å². The Bertz CT molecular complexity index is 173. The molecule has 0 rings (SSSR count). The molecule has 2 heteroatoms. The monoisotopic (exact) mass is 200 g/mol. The molecule has 0 spiro atoms. The second-order valence-corrected chi connectivity index (χ2v) is 4.60. The zero-order valence-corrected chi connectivity index (χ0v) is 10.1. The largest absolute Gasteiger partial charge is 0.393 e. The summed E-state index contributed by atoms with van der Waals surface area (Å²) < 4.78 is 5.38. The highest BCUT2D eigenvalue weighted by Gasteiger charge is 2.21. The lowest BCUT2D eigenvalue weighted by Gasteiger charge is -2.25. The highest BCUT2D eigenvalue weighted by Crippen LogP contribution is 2.19. The Hall–Kier alpha value is -0.340. The van der Waals surface area contributed by atoms with Gasteiger partial charge in [-0.3, -0.25) is 0 Å². The molecule has 0 aromatic rings. The Labute approximate surface area is 88.0 Å². The molecular formula is C12H24O2. The van der Waals surface area contributed by atoms with Gasteiger partial charge in [-0.15, -0.1) is 0 Å². The minimum Gasteiger partial charge on any atom is -0.393 e. The van der Waals surface area contributed by atoms with E-state index in [1.54, 1.807) is 14.0 Å². The molecule has 1 N–H and O–H groups in total. The molecule has 0 aliphatic carbocycles. The van der Waals surface area contributed by atoms with Crippen LogP contribution in [0.2, 0.25) is 0 Å². The van der Waals surface area contributed by atoms with Crippen LogP contribution in [0, 0.1) is 5.92 Å². The predicted octanol–water partition coefficient (Wildman–Crippen LogP) is 2.76. The van der Waals surface area contributed by atoms with E-state index in [0.29, 0.717) is 12.3 Å². The molecule has 14 heavy (non-hydrogen) atoms. The molecule has 0 aromatic heterocycles. The maximum Gasteiger partial charge on any atom is 0.0855 e. The Kier molecular flexibility index (Phi) is 6.05. The summed E-state index contributed by atoms with van der Waals surface area (Å²) in [6.45, 7) is 8.15. The van der Waals surface area contributed by atoms with Crippen molar-refractivity contribution in [3.05, 3.63) is 12.2 Å². The number of hydrogen-bond acceptors (Lipinski definition) is 2. The van der Waals surface area contributed by atoms with E-state index in [0.717, 1.165) is 6.42 Å². The van der Waals surface area contributed by atoms with Crippen LogP contribution in [0.15, 0.2) is 12.2 Å². The minimum absolute atomic E-state index is 0.330. The van der Waals surface area contributed by atoms with E-state index >= 15 is 0 Å². The fraction of sp³-hybridized carbons (Fsp3) is 0.833. The van der Waals surface area contributed by atoms with Crippen LogP contribution in [-0.2, 0) is 4.74 Å². The lowest BCUT2D eigenvalue weighted by molar-refractivity contribution is 0.00674. The summed E-state index contributed by atoms with van der Waals surface area (Å²) in [5, 5.41) is 9.31. The second kappa shape index (κ2) is 6.20. The number of ether oxygens (including phenoxy) is 1. The van der Waals surface area contributed by atoms with Crippen LogP contribution in [0.1, 0.15) is 40.5 Å². The third-order valence-corrected chi connectivity index (χ3v) is 2.24. The standard InChI is InChI=1S/C12H24O2/c1-10(2)7-6-8-12(4,14-5)9-11(3)13/h6,8,10-11,13H,7,9H2,1-5H3/b8-6+. The molecule has 0 aromatic carbocycles. The van der Waals surface area contributed by atoms with E-state index in [-0.39, 0.29) is 11.7 Å². The number of hydrogen-bond donors (Lipinski definition) is 1. The summed E-state index contributed by atoms with van der Waals surface area (Å²) in [4.78, 5) is 0. The molecular weight excluding hydrogens is 176 g/mol. The van der Waals surface area contributed by atoms with Gasteiger partial charge in [-0.05, 0) is 26.2 Å². The first-order valence-electron chi connectivity index (χ1n) is 5.30. The third kappa shape index (κ3) is 6.17. The van der Waals surface area contributed by atoms with Crippen LogP contribution in [0.5, 0.6) is 0 Å². The topological polar surface area (TPSA) is 29.5 Å². The first kappa shape index (κ1) is 13.7. The van der Waals surface area contributed by atoms with Gasteiger partial charge < -0.3 is 9.84 Å². The molecule has 2 atom stereocenters. The lowest BCUT2D eigenvalue weighted by Crippen LogP contribution is -2.29. The van der Waals surface area contributed by atoms with Crippen molar-refractivity contribution in [1.29, 1.82) is 0 Å². The smallest absolute Gasteiger partial charge is 0.0855 e. The van der Waals surface area contributed by atoms with Crippen molar-refractivity contribution in [2.24, 2.45) is 5.92 Å². The first-order valence-corrected chi connectivity index (χ1v) is 5.30. The fourth-order valence-electron chi connectivity index (χ4n) is 1.40. The van der Waals surface area contributed by atoms with Crippen molar-refractivity contribution in [2.45, 2.75) is 52.2 Å². The first-order chi connectivity index (χ1) is 6.39. The van der Waals surface area contributed by atoms with Crippen LogP contribution < -0.4 is 0 Å². The van der Waals surface area contributed by atoms with Crippen LogP contribution in [0.25, 0.3) is 0 Å². The third-order valence-electron chi connectivity index (χ3n) is 2.24. The van der Waals surface area contributed by atoms with Gasteiger partial charge in [0.05, 0.1) is 11.7 Å². The van der Waals surface area contributed by atoms with Gasteiger partial charge >= 0.3 is 0 Å². The van der Waals surface area contributed by atoms with E-state index in [1.807, 2.05) is 6.92 Å². The highest BCUT2D eigenvalue weighted by molar-refractivity contribution is 5.00. The quantitative estimate of drug-likeness (QED) is 0.668. The molecule has 2 nitrogen and oxygen atoms in total. The van der Waals surface area contributed by atoms with Gasteiger partial charge in [-0.1, -0.05) is 26.0 Å². The van der Waals surface area contributed by atoms with Gasteiger partial charge in [0, 0.05) is 13.5 Å². The average Bonchev–Trinajstić information content (AvgIpc) is 2.02. The molecule has 0 saturated heterocycles.